The summed E-state index contributed by atoms with van der Waals surface area (Å²) in [5, 5.41) is 3.04. The number of hydrogen-bond acceptors (Lipinski definition) is 2. The molecule has 14 heavy (non-hydrogen) atoms. The molecule has 1 aromatic rings. The van der Waals surface area contributed by atoms with Gasteiger partial charge >= 0.3 is 0 Å². The Labute approximate surface area is 83.9 Å². The maximum atomic E-state index is 13.2. The Kier molecular flexibility index (Phi) is 4.26. The van der Waals surface area contributed by atoms with Gasteiger partial charge in [0.25, 0.3) is 0 Å². The summed E-state index contributed by atoms with van der Waals surface area (Å²) in [5.41, 5.74) is 1.59. The third-order valence-corrected chi connectivity index (χ3v) is 2.04. The van der Waals surface area contributed by atoms with Crippen LogP contribution < -0.4 is 5.32 Å². The zero-order valence-electron chi connectivity index (χ0n) is 8.55. The van der Waals surface area contributed by atoms with Gasteiger partial charge in [-0.15, -0.1) is 0 Å². The highest BCUT2D eigenvalue weighted by molar-refractivity contribution is 5.63. The maximum Gasteiger partial charge on any atom is 0.148 e. The number of rotatable bonds is 4. The van der Waals surface area contributed by atoms with Gasteiger partial charge in [-0.25, -0.2) is 4.39 Å². The molecule has 0 radical (unpaired) electrons. The molecular formula is C11H15FN2. The second-order valence-electron chi connectivity index (χ2n) is 3.13. The van der Waals surface area contributed by atoms with Crippen molar-refractivity contribution in [3.05, 3.63) is 35.9 Å². The highest BCUT2D eigenvalue weighted by Gasteiger charge is 2.01. The molecule has 0 spiro atoms. The van der Waals surface area contributed by atoms with Crippen molar-refractivity contribution in [2.75, 3.05) is 13.6 Å². The first-order valence-corrected chi connectivity index (χ1v) is 4.67. The van der Waals surface area contributed by atoms with Gasteiger partial charge in [0, 0.05) is 11.8 Å². The first-order chi connectivity index (χ1) is 6.75. The van der Waals surface area contributed by atoms with E-state index in [0.717, 1.165) is 18.5 Å². The number of allylic oxidation sites excluding steroid dienone is 1. The molecule has 0 atom stereocenters. The molecule has 0 unspecified atom stereocenters. The van der Waals surface area contributed by atoms with Gasteiger partial charge in [-0.05, 0) is 38.6 Å². The fraction of sp³-hybridized carbons (Fsp3) is 0.364. The molecule has 1 heterocycles. The van der Waals surface area contributed by atoms with E-state index in [2.05, 4.69) is 10.3 Å². The molecule has 0 aliphatic carbocycles. The molecular weight excluding hydrogens is 179 g/mol. The predicted molar refractivity (Wildman–Crippen MR) is 56.4 cm³/mol. The Balaban J connectivity index is 2.73. The number of nitrogens with one attached hydrogen (secondary N) is 1. The summed E-state index contributed by atoms with van der Waals surface area (Å²) in [7, 11) is 1.90. The van der Waals surface area contributed by atoms with E-state index in [1.54, 1.807) is 12.3 Å². The third kappa shape index (κ3) is 2.92. The molecule has 1 aromatic heterocycles. The van der Waals surface area contributed by atoms with Crippen molar-refractivity contribution in [3.63, 3.8) is 0 Å². The van der Waals surface area contributed by atoms with Crippen molar-refractivity contribution < 1.29 is 4.39 Å². The Morgan fingerprint density at radius 2 is 2.43 bits per heavy atom. The lowest BCUT2D eigenvalue weighted by Crippen LogP contribution is -2.06. The zero-order valence-corrected chi connectivity index (χ0v) is 8.55. The highest BCUT2D eigenvalue weighted by Crippen LogP contribution is 2.16. The topological polar surface area (TPSA) is 24.9 Å². The van der Waals surface area contributed by atoms with Crippen LogP contribution in [0.15, 0.2) is 24.5 Å². The number of aromatic nitrogens is 1. The SMILES string of the molecule is CNCC/C=C(/C)c1ccncc1F. The average Bonchev–Trinajstić information content (AvgIpc) is 2.18. The second-order valence-corrected chi connectivity index (χ2v) is 3.13. The molecule has 0 saturated heterocycles. The van der Waals surface area contributed by atoms with E-state index in [-0.39, 0.29) is 5.82 Å². The molecule has 0 aliphatic heterocycles. The summed E-state index contributed by atoms with van der Waals surface area (Å²) in [5.74, 6) is -0.259. The minimum Gasteiger partial charge on any atom is -0.319 e. The lowest BCUT2D eigenvalue weighted by Gasteiger charge is -2.02. The largest absolute Gasteiger partial charge is 0.319 e. The van der Waals surface area contributed by atoms with Crippen molar-refractivity contribution in [1.29, 1.82) is 0 Å². The number of halogens is 1. The quantitative estimate of drug-likeness (QED) is 0.743. The molecule has 1 rings (SSSR count). The molecule has 0 aliphatic rings. The van der Waals surface area contributed by atoms with E-state index in [1.165, 1.54) is 6.20 Å². The molecule has 76 valence electrons. The van der Waals surface area contributed by atoms with Gasteiger partial charge in [0.15, 0.2) is 0 Å². The summed E-state index contributed by atoms with van der Waals surface area (Å²) < 4.78 is 13.2. The van der Waals surface area contributed by atoms with Crippen LogP contribution in [0.5, 0.6) is 0 Å². The number of nitrogens with zero attached hydrogens (tertiary/aromatic N) is 1. The zero-order chi connectivity index (χ0) is 10.4. The molecule has 3 heteroatoms. The Morgan fingerprint density at radius 1 is 1.64 bits per heavy atom. The maximum absolute atomic E-state index is 13.2. The van der Waals surface area contributed by atoms with Crippen molar-refractivity contribution >= 4 is 5.57 Å². The fourth-order valence-electron chi connectivity index (χ4n) is 1.24. The van der Waals surface area contributed by atoms with Crippen LogP contribution in [0.3, 0.4) is 0 Å². The molecule has 0 fully saturated rings. The van der Waals surface area contributed by atoms with E-state index in [9.17, 15) is 4.39 Å². The van der Waals surface area contributed by atoms with Crippen LogP contribution in [0, 0.1) is 5.82 Å². The summed E-state index contributed by atoms with van der Waals surface area (Å²) >= 11 is 0. The van der Waals surface area contributed by atoms with Crippen LogP contribution in [-0.4, -0.2) is 18.6 Å². The predicted octanol–water partition coefficient (Wildman–Crippen LogP) is 2.23. The minimum atomic E-state index is -0.259. The first-order valence-electron chi connectivity index (χ1n) is 4.67. The van der Waals surface area contributed by atoms with E-state index < -0.39 is 0 Å². The van der Waals surface area contributed by atoms with Crippen LogP contribution >= 0.6 is 0 Å². The molecule has 2 nitrogen and oxygen atoms in total. The standard InChI is InChI=1S/C11H15FN2/c1-9(4-3-6-13-2)10-5-7-14-8-11(10)12/h4-5,7-8,13H,3,6H2,1-2H3/b9-4-. The summed E-state index contributed by atoms with van der Waals surface area (Å²) in [4.78, 5) is 3.71. The molecule has 0 bridgehead atoms. The van der Waals surface area contributed by atoms with Gasteiger partial charge in [0.05, 0.1) is 6.20 Å². The fourth-order valence-corrected chi connectivity index (χ4v) is 1.24. The Morgan fingerprint density at radius 3 is 3.07 bits per heavy atom. The van der Waals surface area contributed by atoms with Crippen molar-refractivity contribution in [3.8, 4) is 0 Å². The van der Waals surface area contributed by atoms with Crippen molar-refractivity contribution in [1.82, 2.24) is 10.3 Å². The number of pyridine rings is 1. The van der Waals surface area contributed by atoms with E-state index in [1.807, 2.05) is 20.0 Å². The van der Waals surface area contributed by atoms with Crippen LogP contribution in [0.1, 0.15) is 18.9 Å². The highest BCUT2D eigenvalue weighted by atomic mass is 19.1. The molecule has 0 saturated carbocycles. The van der Waals surface area contributed by atoms with Gasteiger partial charge in [-0.1, -0.05) is 6.08 Å². The summed E-state index contributed by atoms with van der Waals surface area (Å²) in [6.07, 6.45) is 5.78. The van der Waals surface area contributed by atoms with Crippen LogP contribution in [0.25, 0.3) is 5.57 Å². The normalized spacial score (nSPS) is 11.8. The van der Waals surface area contributed by atoms with Gasteiger partial charge in [-0.3, -0.25) is 4.98 Å². The van der Waals surface area contributed by atoms with Crippen molar-refractivity contribution in [2.45, 2.75) is 13.3 Å². The van der Waals surface area contributed by atoms with Gasteiger partial charge in [0.2, 0.25) is 0 Å². The third-order valence-electron chi connectivity index (χ3n) is 2.04. The molecule has 1 N–H and O–H groups in total. The van der Waals surface area contributed by atoms with Gasteiger partial charge in [-0.2, -0.15) is 0 Å². The average molecular weight is 194 g/mol. The monoisotopic (exact) mass is 194 g/mol. The van der Waals surface area contributed by atoms with Gasteiger partial charge < -0.3 is 5.32 Å². The summed E-state index contributed by atoms with van der Waals surface area (Å²) in [6.45, 7) is 2.82. The minimum absolute atomic E-state index is 0.259. The van der Waals surface area contributed by atoms with Crippen LogP contribution in [0.2, 0.25) is 0 Å². The van der Waals surface area contributed by atoms with Crippen LogP contribution in [0.4, 0.5) is 4.39 Å². The molecule has 0 aromatic carbocycles. The lowest BCUT2D eigenvalue weighted by atomic mass is 10.1. The van der Waals surface area contributed by atoms with Crippen molar-refractivity contribution in [2.24, 2.45) is 0 Å². The second kappa shape index (κ2) is 5.50. The Hall–Kier alpha value is -1.22. The van der Waals surface area contributed by atoms with Gasteiger partial charge in [0.1, 0.15) is 5.82 Å². The summed E-state index contributed by atoms with van der Waals surface area (Å²) in [6, 6.07) is 1.69. The Bertz CT molecular complexity index is 321. The first kappa shape index (κ1) is 10.9. The molecule has 0 amide bonds. The van der Waals surface area contributed by atoms with Crippen LogP contribution in [-0.2, 0) is 0 Å². The van der Waals surface area contributed by atoms with E-state index >= 15 is 0 Å². The van der Waals surface area contributed by atoms with E-state index in [0.29, 0.717) is 5.56 Å². The number of hydrogen-bond donors (Lipinski definition) is 1. The lowest BCUT2D eigenvalue weighted by molar-refractivity contribution is 0.617. The smallest absolute Gasteiger partial charge is 0.148 e. The van der Waals surface area contributed by atoms with E-state index in [4.69, 9.17) is 0 Å².